The number of Topliss-reactive ketones (excluding diaryl/α,β-unsaturated/α-hetero) is 1. The molecular weight excluding hydrogens is 379 g/mol. The van der Waals surface area contributed by atoms with Gasteiger partial charge in [-0.2, -0.15) is 0 Å². The first-order valence-corrected chi connectivity index (χ1v) is 8.04. The first kappa shape index (κ1) is 20.9. The lowest BCUT2D eigenvalue weighted by Gasteiger charge is -2.14. The number of halogens is 3. The number of carbonyl (C=O) groups is 3. The maximum absolute atomic E-state index is 12.1. The minimum absolute atomic E-state index is 0.0417. The zero-order chi connectivity index (χ0) is 20.9. The fourth-order valence-electron chi connectivity index (χ4n) is 2.11. The van der Waals surface area contributed by atoms with Crippen molar-refractivity contribution in [1.82, 2.24) is 0 Å². The second kappa shape index (κ2) is 8.55. The molecule has 1 amide bonds. The molecule has 0 aliphatic rings. The Morgan fingerprint density at radius 2 is 1.46 bits per heavy atom. The average Bonchev–Trinajstić information content (AvgIpc) is 2.61. The van der Waals surface area contributed by atoms with Gasteiger partial charge in [-0.05, 0) is 62.4 Å². The topological polar surface area (TPSA) is 81.7 Å². The maximum Gasteiger partial charge on any atom is 0.573 e. The number of carbonyl (C=O) groups excluding carboxylic acids is 3. The van der Waals surface area contributed by atoms with Crippen LogP contribution < -0.4 is 10.1 Å². The van der Waals surface area contributed by atoms with E-state index in [1.165, 1.54) is 26.0 Å². The largest absolute Gasteiger partial charge is 0.573 e. The smallest absolute Gasteiger partial charge is 0.449 e. The Bertz CT molecular complexity index is 861. The van der Waals surface area contributed by atoms with Crippen molar-refractivity contribution in [3.8, 4) is 5.75 Å². The molecule has 0 radical (unpaired) electrons. The van der Waals surface area contributed by atoms with Crippen LogP contribution in [0.15, 0.2) is 48.5 Å². The summed E-state index contributed by atoms with van der Waals surface area (Å²) in [4.78, 5) is 35.4. The summed E-state index contributed by atoms with van der Waals surface area (Å²) in [5.74, 6) is -2.09. The van der Waals surface area contributed by atoms with Crippen LogP contribution in [-0.2, 0) is 9.53 Å². The Morgan fingerprint density at radius 3 is 1.96 bits per heavy atom. The van der Waals surface area contributed by atoms with E-state index in [1.807, 2.05) is 0 Å². The lowest BCUT2D eigenvalue weighted by Crippen LogP contribution is -2.30. The minimum Gasteiger partial charge on any atom is -0.449 e. The van der Waals surface area contributed by atoms with Gasteiger partial charge in [-0.15, -0.1) is 13.2 Å². The molecule has 0 bridgehead atoms. The van der Waals surface area contributed by atoms with E-state index in [0.717, 1.165) is 24.3 Å². The van der Waals surface area contributed by atoms with Crippen LogP contribution in [0, 0.1) is 0 Å². The number of anilines is 1. The molecule has 0 saturated heterocycles. The molecule has 0 aliphatic heterocycles. The second-order valence-electron chi connectivity index (χ2n) is 5.74. The van der Waals surface area contributed by atoms with Crippen LogP contribution in [0.3, 0.4) is 0 Å². The summed E-state index contributed by atoms with van der Waals surface area (Å²) in [5.41, 5.74) is 0.849. The zero-order valence-corrected chi connectivity index (χ0v) is 14.9. The molecule has 6 nitrogen and oxygen atoms in total. The molecule has 0 spiro atoms. The molecule has 2 aromatic rings. The second-order valence-corrected chi connectivity index (χ2v) is 5.74. The van der Waals surface area contributed by atoms with Gasteiger partial charge in [-0.25, -0.2) is 4.79 Å². The number of ether oxygens (including phenoxy) is 2. The van der Waals surface area contributed by atoms with Gasteiger partial charge in [0.2, 0.25) is 0 Å². The van der Waals surface area contributed by atoms with Crippen LogP contribution in [0.4, 0.5) is 18.9 Å². The number of esters is 1. The number of alkyl halides is 3. The SMILES string of the molecule is CC(=O)c1ccc(NC(=O)[C@@H](C)OC(=O)c2ccc(OC(F)(F)F)cc2)cc1. The number of amides is 1. The Balaban J connectivity index is 1.93. The molecule has 0 heterocycles. The summed E-state index contributed by atoms with van der Waals surface area (Å²) in [6.45, 7) is 2.76. The van der Waals surface area contributed by atoms with Crippen LogP contribution in [-0.4, -0.2) is 30.1 Å². The average molecular weight is 395 g/mol. The molecule has 1 atom stereocenters. The number of benzene rings is 2. The molecule has 0 fully saturated rings. The zero-order valence-electron chi connectivity index (χ0n) is 14.9. The van der Waals surface area contributed by atoms with Crippen molar-refractivity contribution in [1.29, 1.82) is 0 Å². The van der Waals surface area contributed by atoms with Crippen LogP contribution in [0.5, 0.6) is 5.75 Å². The van der Waals surface area contributed by atoms with E-state index in [2.05, 4.69) is 10.1 Å². The third kappa shape index (κ3) is 6.11. The Kier molecular flexibility index (Phi) is 6.40. The van der Waals surface area contributed by atoms with Crippen LogP contribution in [0.2, 0.25) is 0 Å². The molecule has 2 rings (SSSR count). The molecule has 148 valence electrons. The normalized spacial score (nSPS) is 12.0. The van der Waals surface area contributed by atoms with Crippen molar-refractivity contribution in [2.24, 2.45) is 0 Å². The van der Waals surface area contributed by atoms with Gasteiger partial charge in [0.25, 0.3) is 5.91 Å². The Labute approximate surface area is 158 Å². The van der Waals surface area contributed by atoms with Crippen molar-refractivity contribution in [3.63, 3.8) is 0 Å². The van der Waals surface area contributed by atoms with Gasteiger partial charge in [0.15, 0.2) is 11.9 Å². The van der Waals surface area contributed by atoms with Gasteiger partial charge in [0.05, 0.1) is 5.56 Å². The highest BCUT2D eigenvalue weighted by atomic mass is 19.4. The maximum atomic E-state index is 12.1. The third-order valence-electron chi connectivity index (χ3n) is 3.54. The quantitative estimate of drug-likeness (QED) is 0.591. The third-order valence-corrected chi connectivity index (χ3v) is 3.54. The van der Waals surface area contributed by atoms with Gasteiger partial charge >= 0.3 is 12.3 Å². The molecule has 0 saturated carbocycles. The van der Waals surface area contributed by atoms with E-state index < -0.39 is 30.1 Å². The van der Waals surface area contributed by atoms with Crippen molar-refractivity contribution >= 4 is 23.3 Å². The van der Waals surface area contributed by atoms with Crippen LogP contribution in [0.25, 0.3) is 0 Å². The lowest BCUT2D eigenvalue weighted by molar-refractivity contribution is -0.274. The number of ketones is 1. The van der Waals surface area contributed by atoms with Crippen LogP contribution in [0.1, 0.15) is 34.6 Å². The summed E-state index contributed by atoms with van der Waals surface area (Å²) in [6, 6.07) is 10.3. The lowest BCUT2D eigenvalue weighted by atomic mass is 10.1. The monoisotopic (exact) mass is 395 g/mol. The predicted octanol–water partition coefficient (Wildman–Crippen LogP) is 3.97. The molecular formula is C19H16F3NO5. The summed E-state index contributed by atoms with van der Waals surface area (Å²) in [5, 5.41) is 2.53. The highest BCUT2D eigenvalue weighted by Gasteiger charge is 2.31. The molecule has 0 aromatic heterocycles. The summed E-state index contributed by atoms with van der Waals surface area (Å²) in [7, 11) is 0. The summed E-state index contributed by atoms with van der Waals surface area (Å²) in [6.07, 6.45) is -6.00. The molecule has 2 aromatic carbocycles. The highest BCUT2D eigenvalue weighted by Crippen LogP contribution is 2.23. The van der Waals surface area contributed by atoms with Gasteiger partial charge in [0, 0.05) is 11.3 Å². The fraction of sp³-hybridized carbons (Fsp3) is 0.211. The van der Waals surface area contributed by atoms with Gasteiger partial charge in [0.1, 0.15) is 5.75 Å². The number of hydrogen-bond donors (Lipinski definition) is 1. The van der Waals surface area contributed by atoms with Crippen molar-refractivity contribution < 1.29 is 37.0 Å². The Hall–Kier alpha value is -3.36. The van der Waals surface area contributed by atoms with Crippen LogP contribution >= 0.6 is 0 Å². The molecule has 0 unspecified atom stereocenters. The summed E-state index contributed by atoms with van der Waals surface area (Å²) < 4.78 is 45.1. The summed E-state index contributed by atoms with van der Waals surface area (Å²) >= 11 is 0. The van der Waals surface area contributed by atoms with Gasteiger partial charge in [-0.3, -0.25) is 9.59 Å². The van der Waals surface area contributed by atoms with E-state index in [9.17, 15) is 27.6 Å². The first-order chi connectivity index (χ1) is 13.0. The van der Waals surface area contributed by atoms with Gasteiger partial charge < -0.3 is 14.8 Å². The molecule has 1 N–H and O–H groups in total. The Morgan fingerprint density at radius 1 is 0.929 bits per heavy atom. The molecule has 0 aliphatic carbocycles. The van der Waals surface area contributed by atoms with E-state index in [-0.39, 0.29) is 11.3 Å². The minimum atomic E-state index is -4.84. The standard InChI is InChI=1S/C19H16F3NO5/c1-11(24)13-3-7-15(8-4-13)23-17(25)12(2)27-18(26)14-5-9-16(10-6-14)28-19(20,21)22/h3-10,12H,1-2H3,(H,23,25)/t12-/m1/s1. The number of rotatable bonds is 6. The number of hydrogen-bond acceptors (Lipinski definition) is 5. The highest BCUT2D eigenvalue weighted by molar-refractivity contribution is 5.98. The van der Waals surface area contributed by atoms with Gasteiger partial charge in [-0.1, -0.05) is 0 Å². The van der Waals surface area contributed by atoms with Crippen molar-refractivity contribution in [2.75, 3.05) is 5.32 Å². The van der Waals surface area contributed by atoms with Crippen molar-refractivity contribution in [2.45, 2.75) is 26.3 Å². The molecule has 9 heteroatoms. The first-order valence-electron chi connectivity index (χ1n) is 8.04. The van der Waals surface area contributed by atoms with E-state index in [1.54, 1.807) is 12.1 Å². The van der Waals surface area contributed by atoms with E-state index in [0.29, 0.717) is 11.3 Å². The number of nitrogens with one attached hydrogen (secondary N) is 1. The van der Waals surface area contributed by atoms with E-state index >= 15 is 0 Å². The van der Waals surface area contributed by atoms with Crippen molar-refractivity contribution in [3.05, 3.63) is 59.7 Å². The fourth-order valence-corrected chi connectivity index (χ4v) is 2.11. The predicted molar refractivity (Wildman–Crippen MR) is 93.1 cm³/mol. The van der Waals surface area contributed by atoms with E-state index in [4.69, 9.17) is 4.74 Å². The molecule has 28 heavy (non-hydrogen) atoms.